The molecule has 3 rings (SSSR count). The van der Waals surface area contributed by atoms with Gasteiger partial charge in [0.25, 0.3) is 0 Å². The van der Waals surface area contributed by atoms with Crippen LogP contribution in [-0.4, -0.2) is 48.4 Å². The number of nitrogens with one attached hydrogen (secondary N) is 1. The van der Waals surface area contributed by atoms with Crippen LogP contribution < -0.4 is 5.32 Å². The normalized spacial score (nSPS) is 15.7. The largest absolute Gasteiger partial charge is 0.325 e. The molecular weight excluding hydrogens is 388 g/mol. The van der Waals surface area contributed by atoms with E-state index in [-0.39, 0.29) is 11.7 Å². The minimum Gasteiger partial charge on any atom is -0.325 e. The summed E-state index contributed by atoms with van der Waals surface area (Å²) in [5, 5.41) is 3.98. The summed E-state index contributed by atoms with van der Waals surface area (Å²) in [5.74, 6) is -0.370. The summed E-state index contributed by atoms with van der Waals surface area (Å²) in [5.41, 5.74) is 2.64. The van der Waals surface area contributed by atoms with E-state index in [0.29, 0.717) is 23.1 Å². The number of benzene rings is 2. The van der Waals surface area contributed by atoms with Crippen molar-refractivity contribution in [3.8, 4) is 0 Å². The summed E-state index contributed by atoms with van der Waals surface area (Å²) >= 11 is 12.1. The van der Waals surface area contributed by atoms with Crippen LogP contribution in [-0.2, 0) is 11.3 Å². The fraction of sp³-hybridized carbons (Fsp3) is 0.350. The number of nitrogens with zero attached hydrogens (tertiary/aromatic N) is 2. The van der Waals surface area contributed by atoms with Crippen LogP contribution in [0, 0.1) is 12.7 Å². The molecule has 0 aliphatic carbocycles. The maximum atomic E-state index is 13.2. The van der Waals surface area contributed by atoms with E-state index >= 15 is 0 Å². The van der Waals surface area contributed by atoms with Crippen molar-refractivity contribution in [2.24, 2.45) is 0 Å². The zero-order chi connectivity index (χ0) is 19.4. The third-order valence-corrected chi connectivity index (χ3v) is 5.30. The molecule has 0 aromatic heterocycles. The minimum atomic E-state index is -0.325. The highest BCUT2D eigenvalue weighted by atomic mass is 35.5. The van der Waals surface area contributed by atoms with Gasteiger partial charge in [-0.3, -0.25) is 14.6 Å². The summed E-state index contributed by atoms with van der Waals surface area (Å²) < 4.78 is 13.2. The Labute approximate surface area is 168 Å². The first-order valence-electron chi connectivity index (χ1n) is 8.85. The summed E-state index contributed by atoms with van der Waals surface area (Å²) in [6.07, 6.45) is 0. The molecule has 1 saturated heterocycles. The van der Waals surface area contributed by atoms with Crippen molar-refractivity contribution in [1.29, 1.82) is 0 Å². The van der Waals surface area contributed by atoms with Gasteiger partial charge in [-0.15, -0.1) is 0 Å². The molecule has 0 bridgehead atoms. The second-order valence-corrected chi connectivity index (χ2v) is 7.64. The number of hydrogen-bond acceptors (Lipinski definition) is 3. The fourth-order valence-electron chi connectivity index (χ4n) is 3.12. The summed E-state index contributed by atoms with van der Waals surface area (Å²) in [4.78, 5) is 16.7. The summed E-state index contributed by atoms with van der Waals surface area (Å²) in [7, 11) is 0. The first-order chi connectivity index (χ1) is 12.9. The Balaban J connectivity index is 1.47. The van der Waals surface area contributed by atoms with Gasteiger partial charge in [-0.1, -0.05) is 35.3 Å². The van der Waals surface area contributed by atoms with Gasteiger partial charge in [0.05, 0.1) is 6.54 Å². The Bertz CT molecular complexity index is 823. The lowest BCUT2D eigenvalue weighted by atomic mass is 10.2. The molecule has 2 aromatic rings. The number of hydrogen-bond donors (Lipinski definition) is 1. The van der Waals surface area contributed by atoms with Crippen LogP contribution in [0.5, 0.6) is 0 Å². The molecule has 0 spiro atoms. The standard InChI is InChI=1S/C20H22Cl2FN3O/c1-14-2-4-16(21)10-19(14)24-20(27)13-26-8-6-25(7-9-26)12-15-3-5-17(23)11-18(15)22/h2-5,10-11H,6-9,12-13H2,1H3,(H,24,27). The molecule has 1 N–H and O–H groups in total. The number of carbonyl (C=O) groups excluding carboxylic acids is 1. The number of amides is 1. The van der Waals surface area contributed by atoms with Crippen LogP contribution in [0.1, 0.15) is 11.1 Å². The van der Waals surface area contributed by atoms with Crippen molar-refractivity contribution < 1.29 is 9.18 Å². The van der Waals surface area contributed by atoms with Crippen molar-refractivity contribution in [2.75, 3.05) is 38.0 Å². The number of carbonyl (C=O) groups is 1. The van der Waals surface area contributed by atoms with Gasteiger partial charge in [-0.05, 0) is 42.3 Å². The lowest BCUT2D eigenvalue weighted by Gasteiger charge is -2.34. The molecule has 0 atom stereocenters. The quantitative estimate of drug-likeness (QED) is 0.803. The van der Waals surface area contributed by atoms with Gasteiger partial charge >= 0.3 is 0 Å². The molecule has 4 nitrogen and oxygen atoms in total. The molecule has 1 fully saturated rings. The molecule has 1 amide bonds. The lowest BCUT2D eigenvalue weighted by molar-refractivity contribution is -0.117. The third kappa shape index (κ3) is 5.66. The van der Waals surface area contributed by atoms with Gasteiger partial charge in [0.1, 0.15) is 5.82 Å². The fourth-order valence-corrected chi connectivity index (χ4v) is 3.52. The Morgan fingerprint density at radius 1 is 1.07 bits per heavy atom. The molecule has 1 aliphatic heterocycles. The van der Waals surface area contributed by atoms with Crippen LogP contribution in [0.4, 0.5) is 10.1 Å². The highest BCUT2D eigenvalue weighted by Crippen LogP contribution is 2.21. The van der Waals surface area contributed by atoms with E-state index in [1.165, 1.54) is 12.1 Å². The molecule has 27 heavy (non-hydrogen) atoms. The zero-order valence-electron chi connectivity index (χ0n) is 15.1. The van der Waals surface area contributed by atoms with Gasteiger partial charge in [-0.2, -0.15) is 0 Å². The Morgan fingerprint density at radius 3 is 2.48 bits per heavy atom. The van der Waals surface area contributed by atoms with Gasteiger partial charge < -0.3 is 5.32 Å². The maximum Gasteiger partial charge on any atom is 0.238 e. The topological polar surface area (TPSA) is 35.6 Å². The van der Waals surface area contributed by atoms with E-state index in [1.807, 2.05) is 13.0 Å². The number of piperazine rings is 1. The summed E-state index contributed by atoms with van der Waals surface area (Å²) in [6, 6.07) is 9.95. The highest BCUT2D eigenvalue weighted by molar-refractivity contribution is 6.31. The van der Waals surface area contributed by atoms with E-state index in [1.54, 1.807) is 18.2 Å². The Kier molecular flexibility index (Phi) is 6.71. The molecule has 0 unspecified atom stereocenters. The predicted octanol–water partition coefficient (Wildman–Crippen LogP) is 4.20. The van der Waals surface area contributed by atoms with Crippen LogP contribution in [0.2, 0.25) is 10.0 Å². The molecule has 0 saturated carbocycles. The molecule has 1 aliphatic rings. The Hall–Kier alpha value is -1.66. The Morgan fingerprint density at radius 2 is 1.78 bits per heavy atom. The van der Waals surface area contributed by atoms with Crippen LogP contribution in [0.25, 0.3) is 0 Å². The monoisotopic (exact) mass is 409 g/mol. The lowest BCUT2D eigenvalue weighted by Crippen LogP contribution is -2.48. The third-order valence-electron chi connectivity index (χ3n) is 4.71. The second-order valence-electron chi connectivity index (χ2n) is 6.80. The average molecular weight is 410 g/mol. The van der Waals surface area contributed by atoms with Gasteiger partial charge in [0.15, 0.2) is 0 Å². The van der Waals surface area contributed by atoms with Crippen molar-refractivity contribution in [3.05, 3.63) is 63.4 Å². The van der Waals surface area contributed by atoms with E-state index in [0.717, 1.165) is 43.0 Å². The molecule has 2 aromatic carbocycles. The van der Waals surface area contributed by atoms with E-state index in [9.17, 15) is 9.18 Å². The van der Waals surface area contributed by atoms with Crippen molar-refractivity contribution in [2.45, 2.75) is 13.5 Å². The summed E-state index contributed by atoms with van der Waals surface area (Å²) in [6.45, 7) is 6.21. The zero-order valence-corrected chi connectivity index (χ0v) is 16.7. The maximum absolute atomic E-state index is 13.2. The van der Waals surface area contributed by atoms with E-state index in [4.69, 9.17) is 23.2 Å². The number of anilines is 1. The molecule has 7 heteroatoms. The van der Waals surface area contributed by atoms with Crippen LogP contribution >= 0.6 is 23.2 Å². The molecule has 1 heterocycles. The number of aryl methyl sites for hydroxylation is 1. The molecule has 0 radical (unpaired) electrons. The second kappa shape index (κ2) is 9.02. The van der Waals surface area contributed by atoms with Crippen molar-refractivity contribution >= 4 is 34.8 Å². The van der Waals surface area contributed by atoms with E-state index < -0.39 is 0 Å². The van der Waals surface area contributed by atoms with Crippen LogP contribution in [0.3, 0.4) is 0 Å². The van der Waals surface area contributed by atoms with E-state index in [2.05, 4.69) is 15.1 Å². The van der Waals surface area contributed by atoms with Gasteiger partial charge in [0.2, 0.25) is 5.91 Å². The number of halogens is 3. The molecular formula is C20H22Cl2FN3O. The molecule has 144 valence electrons. The van der Waals surface area contributed by atoms with Gasteiger partial charge in [0, 0.05) is 48.5 Å². The van der Waals surface area contributed by atoms with Crippen molar-refractivity contribution in [1.82, 2.24) is 9.80 Å². The smallest absolute Gasteiger partial charge is 0.238 e. The number of rotatable bonds is 5. The first kappa shape index (κ1) is 20.1. The highest BCUT2D eigenvalue weighted by Gasteiger charge is 2.20. The van der Waals surface area contributed by atoms with Crippen LogP contribution in [0.15, 0.2) is 36.4 Å². The predicted molar refractivity (Wildman–Crippen MR) is 108 cm³/mol. The first-order valence-corrected chi connectivity index (χ1v) is 9.61. The van der Waals surface area contributed by atoms with Crippen molar-refractivity contribution in [3.63, 3.8) is 0 Å². The van der Waals surface area contributed by atoms with Gasteiger partial charge in [-0.25, -0.2) is 4.39 Å². The minimum absolute atomic E-state index is 0.0459. The SMILES string of the molecule is Cc1ccc(Cl)cc1NC(=O)CN1CCN(Cc2ccc(F)cc2Cl)CC1. The average Bonchev–Trinajstić information content (AvgIpc) is 2.62.